The van der Waals surface area contributed by atoms with Gasteiger partial charge in [-0.15, -0.1) is 0 Å². The summed E-state index contributed by atoms with van der Waals surface area (Å²) in [4.78, 5) is 0. The van der Waals surface area contributed by atoms with Crippen LogP contribution in [0.3, 0.4) is 0 Å². The zero-order valence-corrected chi connectivity index (χ0v) is 13.4. The lowest BCUT2D eigenvalue weighted by Crippen LogP contribution is -1.99. The highest BCUT2D eigenvalue weighted by atomic mass is 79.9. The monoisotopic (exact) mass is 334 g/mol. The second-order valence-electron chi connectivity index (χ2n) is 5.58. The van der Waals surface area contributed by atoms with Gasteiger partial charge in [-0.25, -0.2) is 0 Å². The number of aryl methyl sites for hydroxylation is 1. The molecule has 1 atom stereocenters. The highest BCUT2D eigenvalue weighted by Crippen LogP contribution is 2.39. The summed E-state index contributed by atoms with van der Waals surface area (Å²) in [7, 11) is 0. The minimum Gasteiger partial charge on any atom is -0.0720 e. The van der Waals surface area contributed by atoms with Crippen LogP contribution in [0, 0.1) is 6.92 Å². The van der Waals surface area contributed by atoms with Gasteiger partial charge in [0.1, 0.15) is 0 Å². The van der Waals surface area contributed by atoms with Gasteiger partial charge in [0.15, 0.2) is 0 Å². The zero-order valence-electron chi connectivity index (χ0n) is 11.8. The van der Waals surface area contributed by atoms with Crippen LogP contribution < -0.4 is 0 Å². The minimum absolute atomic E-state index is 0.379. The van der Waals surface area contributed by atoms with Gasteiger partial charge in [0.05, 0.1) is 0 Å². The summed E-state index contributed by atoms with van der Waals surface area (Å²) in [5.74, 6) is 0.379. The molecular weight excluding hydrogens is 320 g/mol. The summed E-state index contributed by atoms with van der Waals surface area (Å²) >= 11 is 3.65. The molecule has 0 aromatic heterocycles. The number of rotatable bonds is 1. The second kappa shape index (κ2) is 4.85. The van der Waals surface area contributed by atoms with Crippen LogP contribution in [-0.2, 0) is 0 Å². The summed E-state index contributed by atoms with van der Waals surface area (Å²) in [5.41, 5.74) is 5.54. The molecular formula is C20H15Br. The molecule has 3 aromatic carbocycles. The van der Waals surface area contributed by atoms with Crippen LogP contribution >= 0.6 is 15.9 Å². The van der Waals surface area contributed by atoms with Crippen molar-refractivity contribution in [2.24, 2.45) is 0 Å². The molecule has 0 saturated heterocycles. The molecule has 0 fully saturated rings. The van der Waals surface area contributed by atoms with Crippen molar-refractivity contribution in [1.29, 1.82) is 0 Å². The molecule has 3 aromatic rings. The smallest absolute Gasteiger partial charge is 0.0281 e. The van der Waals surface area contributed by atoms with E-state index in [1.807, 2.05) is 0 Å². The molecule has 0 N–H and O–H groups in total. The third kappa shape index (κ3) is 1.96. The van der Waals surface area contributed by atoms with E-state index in [0.29, 0.717) is 5.92 Å². The first-order valence-corrected chi connectivity index (χ1v) is 8.00. The molecule has 1 unspecified atom stereocenters. The maximum atomic E-state index is 3.65. The van der Waals surface area contributed by atoms with Gasteiger partial charge in [-0.1, -0.05) is 76.6 Å². The van der Waals surface area contributed by atoms with Gasteiger partial charge in [0, 0.05) is 10.4 Å². The summed E-state index contributed by atoms with van der Waals surface area (Å²) < 4.78 is 1.16. The quantitative estimate of drug-likeness (QED) is 0.506. The van der Waals surface area contributed by atoms with Gasteiger partial charge in [-0.3, -0.25) is 0 Å². The molecule has 1 aliphatic rings. The molecule has 4 rings (SSSR count). The second-order valence-corrected chi connectivity index (χ2v) is 6.43. The van der Waals surface area contributed by atoms with Crippen molar-refractivity contribution >= 4 is 32.8 Å². The summed E-state index contributed by atoms with van der Waals surface area (Å²) in [6, 6.07) is 19.6. The molecule has 0 aliphatic heterocycles. The average Bonchev–Trinajstić information content (AvgIpc) is 2.93. The molecule has 0 radical (unpaired) electrons. The Bertz CT molecular complexity index is 874. The number of halogens is 1. The van der Waals surface area contributed by atoms with Crippen molar-refractivity contribution < 1.29 is 0 Å². The number of hydrogen-bond donors (Lipinski definition) is 0. The molecule has 0 saturated carbocycles. The highest BCUT2D eigenvalue weighted by molar-refractivity contribution is 9.10. The lowest BCUT2D eigenvalue weighted by atomic mass is 9.88. The largest absolute Gasteiger partial charge is 0.0720 e. The zero-order chi connectivity index (χ0) is 14.4. The Morgan fingerprint density at radius 3 is 2.57 bits per heavy atom. The van der Waals surface area contributed by atoms with E-state index >= 15 is 0 Å². The predicted octanol–water partition coefficient (Wildman–Crippen LogP) is 6.07. The van der Waals surface area contributed by atoms with Gasteiger partial charge in [-0.2, -0.15) is 0 Å². The maximum Gasteiger partial charge on any atom is 0.0281 e. The number of fused-ring (bicyclic) bond motifs is 2. The van der Waals surface area contributed by atoms with Crippen molar-refractivity contribution in [3.8, 4) is 0 Å². The van der Waals surface area contributed by atoms with Gasteiger partial charge < -0.3 is 0 Å². The van der Waals surface area contributed by atoms with Crippen LogP contribution in [0.25, 0.3) is 16.8 Å². The third-order valence-electron chi connectivity index (χ3n) is 4.45. The molecule has 102 valence electrons. The third-order valence-corrected chi connectivity index (χ3v) is 5.15. The van der Waals surface area contributed by atoms with E-state index in [4.69, 9.17) is 0 Å². The summed E-state index contributed by atoms with van der Waals surface area (Å²) in [6.07, 6.45) is 4.56. The van der Waals surface area contributed by atoms with E-state index in [9.17, 15) is 0 Å². The lowest BCUT2D eigenvalue weighted by molar-refractivity contribution is 1.04. The summed E-state index contributed by atoms with van der Waals surface area (Å²) in [5, 5.41) is 2.62. The Kier molecular flexibility index (Phi) is 2.97. The number of hydrogen-bond acceptors (Lipinski definition) is 0. The molecule has 1 heteroatoms. The van der Waals surface area contributed by atoms with Crippen LogP contribution in [0.5, 0.6) is 0 Å². The van der Waals surface area contributed by atoms with Crippen molar-refractivity contribution in [2.75, 3.05) is 0 Å². The van der Waals surface area contributed by atoms with Gasteiger partial charge in [-0.05, 0) is 46.0 Å². The first kappa shape index (κ1) is 12.8. The SMILES string of the molecule is Cc1c(C2C=Cc3ccccc32)ccc2c(Br)cccc12. The molecule has 0 amide bonds. The number of allylic oxidation sites excluding steroid dienone is 1. The van der Waals surface area contributed by atoms with E-state index in [1.165, 1.54) is 33.0 Å². The molecule has 0 heterocycles. The van der Waals surface area contributed by atoms with Crippen molar-refractivity contribution in [2.45, 2.75) is 12.8 Å². The highest BCUT2D eigenvalue weighted by Gasteiger charge is 2.20. The Morgan fingerprint density at radius 2 is 1.67 bits per heavy atom. The molecule has 1 aliphatic carbocycles. The van der Waals surface area contributed by atoms with Crippen LogP contribution in [0.4, 0.5) is 0 Å². The summed E-state index contributed by atoms with van der Waals surface area (Å²) in [6.45, 7) is 2.24. The predicted molar refractivity (Wildman–Crippen MR) is 93.7 cm³/mol. The molecule has 0 nitrogen and oxygen atoms in total. The fourth-order valence-corrected chi connectivity index (χ4v) is 3.84. The van der Waals surface area contributed by atoms with Crippen molar-refractivity contribution in [3.63, 3.8) is 0 Å². The molecule has 21 heavy (non-hydrogen) atoms. The van der Waals surface area contributed by atoms with Gasteiger partial charge in [0.2, 0.25) is 0 Å². The Labute approximate surface area is 133 Å². The fraction of sp³-hybridized carbons (Fsp3) is 0.100. The van der Waals surface area contributed by atoms with E-state index in [-0.39, 0.29) is 0 Å². The van der Waals surface area contributed by atoms with Crippen LogP contribution in [0.1, 0.15) is 28.2 Å². The first-order chi connectivity index (χ1) is 10.3. The maximum absolute atomic E-state index is 3.65. The van der Waals surface area contributed by atoms with Crippen LogP contribution in [0.2, 0.25) is 0 Å². The van der Waals surface area contributed by atoms with E-state index < -0.39 is 0 Å². The van der Waals surface area contributed by atoms with Gasteiger partial charge >= 0.3 is 0 Å². The fourth-order valence-electron chi connectivity index (χ4n) is 3.34. The van der Waals surface area contributed by atoms with E-state index in [1.54, 1.807) is 0 Å². The van der Waals surface area contributed by atoms with Crippen LogP contribution in [-0.4, -0.2) is 0 Å². The number of benzene rings is 3. The standard InChI is InChI=1S/C20H15Br/c1-13-15-7-4-8-20(21)19(15)12-11-16(13)18-10-9-14-5-2-3-6-17(14)18/h2-12,18H,1H3. The Hall–Kier alpha value is -1.86. The Balaban J connectivity index is 1.93. The van der Waals surface area contributed by atoms with E-state index in [2.05, 4.69) is 89.6 Å². The lowest BCUT2D eigenvalue weighted by Gasteiger charge is -2.16. The first-order valence-electron chi connectivity index (χ1n) is 7.20. The topological polar surface area (TPSA) is 0 Å². The normalized spacial score (nSPS) is 16.4. The van der Waals surface area contributed by atoms with Crippen molar-refractivity contribution in [3.05, 3.63) is 87.4 Å². The molecule has 0 spiro atoms. The Morgan fingerprint density at radius 1 is 0.810 bits per heavy atom. The van der Waals surface area contributed by atoms with Gasteiger partial charge in [0.25, 0.3) is 0 Å². The minimum atomic E-state index is 0.379. The van der Waals surface area contributed by atoms with Crippen molar-refractivity contribution in [1.82, 2.24) is 0 Å². The van der Waals surface area contributed by atoms with Crippen LogP contribution in [0.15, 0.2) is 65.1 Å². The molecule has 0 bridgehead atoms. The van der Waals surface area contributed by atoms with E-state index in [0.717, 1.165) is 4.47 Å². The average molecular weight is 335 g/mol.